The van der Waals surface area contributed by atoms with Gasteiger partial charge in [-0.2, -0.15) is 5.10 Å². The Kier molecular flexibility index (Phi) is 8.91. The number of aromatic nitrogens is 2. The van der Waals surface area contributed by atoms with Crippen molar-refractivity contribution < 1.29 is 0 Å². The highest BCUT2D eigenvalue weighted by atomic mass is 127. The zero-order chi connectivity index (χ0) is 20.8. The third kappa shape index (κ3) is 6.30. The van der Waals surface area contributed by atoms with E-state index in [0.717, 1.165) is 45.1 Å². The maximum Gasteiger partial charge on any atom is 0.191 e. The topological polar surface area (TPSA) is 57.5 Å². The van der Waals surface area contributed by atoms with Crippen LogP contribution >= 0.6 is 35.3 Å². The molecule has 166 valence electrons. The molecule has 0 spiro atoms. The molecule has 1 aliphatic rings. The van der Waals surface area contributed by atoms with E-state index in [-0.39, 0.29) is 24.0 Å². The smallest absolute Gasteiger partial charge is 0.191 e. The highest BCUT2D eigenvalue weighted by molar-refractivity contribution is 14.0. The van der Waals surface area contributed by atoms with Gasteiger partial charge >= 0.3 is 0 Å². The van der Waals surface area contributed by atoms with Gasteiger partial charge in [0.15, 0.2) is 5.96 Å². The van der Waals surface area contributed by atoms with Crippen molar-refractivity contribution in [3.05, 3.63) is 75.7 Å². The van der Waals surface area contributed by atoms with Gasteiger partial charge in [-0.1, -0.05) is 24.3 Å². The molecule has 0 radical (unpaired) electrons. The molecule has 6 nitrogen and oxygen atoms in total. The summed E-state index contributed by atoms with van der Waals surface area (Å²) in [5.74, 6) is 0.837. The molecule has 0 aliphatic carbocycles. The monoisotopic (exact) mass is 550 g/mol. The van der Waals surface area contributed by atoms with Crippen molar-refractivity contribution in [2.75, 3.05) is 20.1 Å². The Morgan fingerprint density at radius 1 is 1.19 bits per heavy atom. The molecule has 0 saturated carbocycles. The van der Waals surface area contributed by atoms with Gasteiger partial charge in [-0.15, -0.1) is 35.3 Å². The average Bonchev–Trinajstić information content (AvgIpc) is 3.46. The molecule has 1 atom stereocenters. The lowest BCUT2D eigenvalue weighted by Gasteiger charge is -2.32. The Labute approximate surface area is 205 Å². The highest BCUT2D eigenvalue weighted by Crippen LogP contribution is 2.24. The third-order valence-corrected chi connectivity index (χ3v) is 6.73. The Morgan fingerprint density at radius 2 is 2.03 bits per heavy atom. The number of benzene rings is 1. The SMILES string of the molecule is CN=C(NCc1ccccc1Cn1cccn1)NCC(C)N1CCc2sccc2C1.I. The Morgan fingerprint density at radius 3 is 2.81 bits per heavy atom. The average molecular weight is 551 g/mol. The van der Waals surface area contributed by atoms with Crippen LogP contribution in [0, 0.1) is 0 Å². The maximum atomic E-state index is 4.41. The molecule has 8 heteroatoms. The van der Waals surface area contributed by atoms with E-state index in [0.29, 0.717) is 6.04 Å². The summed E-state index contributed by atoms with van der Waals surface area (Å²) < 4.78 is 1.95. The third-order valence-electron chi connectivity index (χ3n) is 5.71. The number of nitrogens with zero attached hydrogens (tertiary/aromatic N) is 4. The largest absolute Gasteiger partial charge is 0.355 e. The van der Waals surface area contributed by atoms with Crippen LogP contribution in [0.2, 0.25) is 0 Å². The van der Waals surface area contributed by atoms with Crippen molar-refractivity contribution in [3.8, 4) is 0 Å². The molecule has 2 N–H and O–H groups in total. The summed E-state index contributed by atoms with van der Waals surface area (Å²) in [5.41, 5.74) is 4.01. The van der Waals surface area contributed by atoms with Gasteiger partial charge in [-0.3, -0.25) is 14.6 Å². The van der Waals surface area contributed by atoms with E-state index in [4.69, 9.17) is 0 Å². The van der Waals surface area contributed by atoms with Gasteiger partial charge < -0.3 is 10.6 Å². The van der Waals surface area contributed by atoms with Crippen molar-refractivity contribution in [2.45, 2.75) is 39.0 Å². The molecule has 0 amide bonds. The summed E-state index contributed by atoms with van der Waals surface area (Å²) >= 11 is 1.89. The predicted octanol–water partition coefficient (Wildman–Crippen LogP) is 3.72. The molecule has 4 rings (SSSR count). The van der Waals surface area contributed by atoms with E-state index in [9.17, 15) is 0 Å². The summed E-state index contributed by atoms with van der Waals surface area (Å²) in [5, 5.41) is 13.5. The number of aliphatic imine (C=N–C) groups is 1. The van der Waals surface area contributed by atoms with Gasteiger partial charge in [0.2, 0.25) is 0 Å². The fourth-order valence-electron chi connectivity index (χ4n) is 3.87. The van der Waals surface area contributed by atoms with Gasteiger partial charge in [0.25, 0.3) is 0 Å². The van der Waals surface area contributed by atoms with Gasteiger partial charge in [-0.25, -0.2) is 0 Å². The first-order valence-electron chi connectivity index (χ1n) is 10.5. The maximum absolute atomic E-state index is 4.41. The number of rotatable bonds is 7. The lowest BCUT2D eigenvalue weighted by atomic mass is 10.1. The summed E-state index contributed by atoms with van der Waals surface area (Å²) in [7, 11) is 1.83. The second-order valence-electron chi connectivity index (χ2n) is 7.72. The Bertz CT molecular complexity index is 968. The first kappa shape index (κ1) is 23.7. The van der Waals surface area contributed by atoms with E-state index in [2.05, 4.69) is 68.3 Å². The molecule has 1 aromatic carbocycles. The summed E-state index contributed by atoms with van der Waals surface area (Å²) in [6.45, 7) is 6.84. The minimum absolute atomic E-state index is 0. The molecule has 31 heavy (non-hydrogen) atoms. The van der Waals surface area contributed by atoms with Crippen molar-refractivity contribution in [2.24, 2.45) is 4.99 Å². The standard InChI is InChI=1S/C23H30N6S.HI/c1-18(28-12-8-22-21(16-28)9-13-30-22)14-25-23(24-2)26-15-19-6-3-4-7-20(19)17-29-11-5-10-27-29;/h3-7,9-11,13,18H,8,12,14-17H2,1-2H3,(H2,24,25,26);1H. The number of guanidine groups is 1. The Hall–Kier alpha value is -1.91. The van der Waals surface area contributed by atoms with E-state index in [1.165, 1.54) is 16.7 Å². The quantitative estimate of drug-likeness (QED) is 0.268. The lowest BCUT2D eigenvalue weighted by molar-refractivity contribution is 0.192. The van der Waals surface area contributed by atoms with Gasteiger partial charge in [0.1, 0.15) is 0 Å². The summed E-state index contributed by atoms with van der Waals surface area (Å²) in [6, 6.07) is 13.2. The number of hydrogen-bond donors (Lipinski definition) is 2. The molecule has 3 heterocycles. The normalized spacial score (nSPS) is 15.1. The fourth-order valence-corrected chi connectivity index (χ4v) is 4.76. The summed E-state index contributed by atoms with van der Waals surface area (Å²) in [6.07, 6.45) is 4.97. The highest BCUT2D eigenvalue weighted by Gasteiger charge is 2.21. The van der Waals surface area contributed by atoms with Gasteiger partial charge in [-0.05, 0) is 47.5 Å². The van der Waals surface area contributed by atoms with Crippen LogP contribution in [0.1, 0.15) is 28.5 Å². The van der Waals surface area contributed by atoms with Crippen LogP contribution in [0.25, 0.3) is 0 Å². The second-order valence-corrected chi connectivity index (χ2v) is 8.72. The fraction of sp³-hybridized carbons (Fsp3) is 0.391. The minimum Gasteiger partial charge on any atom is -0.355 e. The van der Waals surface area contributed by atoms with Crippen LogP contribution in [0.3, 0.4) is 0 Å². The van der Waals surface area contributed by atoms with Crippen LogP contribution < -0.4 is 10.6 Å². The zero-order valence-electron chi connectivity index (χ0n) is 18.1. The van der Waals surface area contributed by atoms with Crippen LogP contribution in [0.4, 0.5) is 0 Å². The molecular weight excluding hydrogens is 519 g/mol. The predicted molar refractivity (Wildman–Crippen MR) is 139 cm³/mol. The first-order valence-corrected chi connectivity index (χ1v) is 11.4. The Balaban J connectivity index is 0.00000272. The van der Waals surface area contributed by atoms with E-state index < -0.39 is 0 Å². The second kappa shape index (κ2) is 11.6. The molecule has 3 aromatic rings. The van der Waals surface area contributed by atoms with E-state index in [1.54, 1.807) is 4.88 Å². The number of hydrogen-bond acceptors (Lipinski definition) is 4. The number of nitrogens with one attached hydrogen (secondary N) is 2. The number of fused-ring (bicyclic) bond motifs is 1. The van der Waals surface area contributed by atoms with Crippen LogP contribution in [-0.2, 0) is 26.1 Å². The van der Waals surface area contributed by atoms with Crippen LogP contribution in [0.15, 0.2) is 59.2 Å². The zero-order valence-corrected chi connectivity index (χ0v) is 21.3. The molecular formula is C23H31IN6S. The van der Waals surface area contributed by atoms with Crippen molar-refractivity contribution in [1.82, 2.24) is 25.3 Å². The molecule has 0 fully saturated rings. The van der Waals surface area contributed by atoms with Crippen molar-refractivity contribution >= 4 is 41.3 Å². The summed E-state index contributed by atoms with van der Waals surface area (Å²) in [4.78, 5) is 8.52. The lowest BCUT2D eigenvalue weighted by Crippen LogP contribution is -2.47. The minimum atomic E-state index is 0. The number of thiophene rings is 1. The van der Waals surface area contributed by atoms with Crippen molar-refractivity contribution in [3.63, 3.8) is 0 Å². The molecule has 0 saturated heterocycles. The molecule has 1 aliphatic heterocycles. The van der Waals surface area contributed by atoms with Crippen LogP contribution in [-0.4, -0.2) is 46.8 Å². The molecule has 1 unspecified atom stereocenters. The van der Waals surface area contributed by atoms with E-state index in [1.807, 2.05) is 41.5 Å². The molecule has 0 bridgehead atoms. The molecule has 2 aromatic heterocycles. The van der Waals surface area contributed by atoms with Crippen LogP contribution in [0.5, 0.6) is 0 Å². The number of halogens is 1. The first-order chi connectivity index (χ1) is 14.7. The van der Waals surface area contributed by atoms with E-state index >= 15 is 0 Å². The van der Waals surface area contributed by atoms with Gasteiger partial charge in [0, 0.05) is 56.5 Å². The van der Waals surface area contributed by atoms with Crippen molar-refractivity contribution in [1.29, 1.82) is 0 Å². The van der Waals surface area contributed by atoms with Gasteiger partial charge in [0.05, 0.1) is 6.54 Å².